The SMILES string of the molecule is COc1cc(C=O)ccc1OCC(=O)O[C@H](C)C(=O)NC1CC1. The van der Waals surface area contributed by atoms with E-state index in [9.17, 15) is 14.4 Å². The van der Waals surface area contributed by atoms with Crippen molar-refractivity contribution in [3.8, 4) is 11.5 Å². The van der Waals surface area contributed by atoms with E-state index in [2.05, 4.69) is 5.32 Å². The van der Waals surface area contributed by atoms with E-state index < -0.39 is 12.1 Å². The maximum atomic E-state index is 11.7. The molecule has 0 heterocycles. The molecule has 1 atom stereocenters. The Bertz CT molecular complexity index is 596. The van der Waals surface area contributed by atoms with Gasteiger partial charge in [0.15, 0.2) is 24.2 Å². The molecule has 0 aliphatic heterocycles. The summed E-state index contributed by atoms with van der Waals surface area (Å²) in [6.45, 7) is 1.15. The second-order valence-corrected chi connectivity index (χ2v) is 5.23. The van der Waals surface area contributed by atoms with Crippen molar-refractivity contribution in [2.75, 3.05) is 13.7 Å². The number of methoxy groups -OCH3 is 1. The van der Waals surface area contributed by atoms with Crippen LogP contribution in [0, 0.1) is 0 Å². The van der Waals surface area contributed by atoms with Gasteiger partial charge in [-0.05, 0) is 38.0 Å². The van der Waals surface area contributed by atoms with E-state index in [-0.39, 0.29) is 18.6 Å². The fourth-order valence-electron chi connectivity index (χ4n) is 1.84. The monoisotopic (exact) mass is 321 g/mol. The van der Waals surface area contributed by atoms with Gasteiger partial charge in [-0.3, -0.25) is 9.59 Å². The number of carbonyl (C=O) groups excluding carboxylic acids is 3. The summed E-state index contributed by atoms with van der Waals surface area (Å²) in [6, 6.07) is 4.78. The summed E-state index contributed by atoms with van der Waals surface area (Å²) >= 11 is 0. The molecule has 1 aliphatic rings. The molecule has 0 spiro atoms. The fraction of sp³-hybridized carbons (Fsp3) is 0.438. The molecule has 23 heavy (non-hydrogen) atoms. The van der Waals surface area contributed by atoms with Crippen molar-refractivity contribution < 1.29 is 28.6 Å². The summed E-state index contributed by atoms with van der Waals surface area (Å²) in [7, 11) is 1.43. The molecule has 1 aliphatic carbocycles. The van der Waals surface area contributed by atoms with Gasteiger partial charge in [-0.15, -0.1) is 0 Å². The zero-order valence-corrected chi connectivity index (χ0v) is 13.0. The number of nitrogens with one attached hydrogen (secondary N) is 1. The number of amides is 1. The lowest BCUT2D eigenvalue weighted by atomic mass is 10.2. The molecule has 0 unspecified atom stereocenters. The van der Waals surface area contributed by atoms with Crippen LogP contribution in [0.1, 0.15) is 30.1 Å². The Kier molecular flexibility index (Phi) is 5.56. The van der Waals surface area contributed by atoms with Gasteiger partial charge < -0.3 is 19.5 Å². The summed E-state index contributed by atoms with van der Waals surface area (Å²) in [5.74, 6) is -0.328. The number of aldehydes is 1. The number of esters is 1. The Morgan fingerprint density at radius 2 is 2.09 bits per heavy atom. The number of ether oxygens (including phenoxy) is 3. The third-order valence-electron chi connectivity index (χ3n) is 3.27. The van der Waals surface area contributed by atoms with E-state index in [1.165, 1.54) is 26.2 Å². The summed E-state index contributed by atoms with van der Waals surface area (Å²) in [4.78, 5) is 34.1. The van der Waals surface area contributed by atoms with Crippen molar-refractivity contribution >= 4 is 18.2 Å². The minimum absolute atomic E-state index is 0.209. The predicted octanol–water partition coefficient (Wildman–Crippen LogP) is 1.10. The number of carbonyl (C=O) groups is 3. The number of hydrogen-bond acceptors (Lipinski definition) is 6. The Balaban J connectivity index is 1.83. The van der Waals surface area contributed by atoms with E-state index >= 15 is 0 Å². The van der Waals surface area contributed by atoms with Crippen molar-refractivity contribution in [1.82, 2.24) is 5.32 Å². The highest BCUT2D eigenvalue weighted by atomic mass is 16.6. The molecule has 0 radical (unpaired) electrons. The fourth-order valence-corrected chi connectivity index (χ4v) is 1.84. The molecule has 124 valence electrons. The third kappa shape index (κ3) is 4.98. The molecular formula is C16H19NO6. The molecule has 1 amide bonds. The van der Waals surface area contributed by atoms with Crippen molar-refractivity contribution in [1.29, 1.82) is 0 Å². The second-order valence-electron chi connectivity index (χ2n) is 5.23. The quantitative estimate of drug-likeness (QED) is 0.569. The van der Waals surface area contributed by atoms with Gasteiger partial charge in [0.25, 0.3) is 5.91 Å². The Labute approximate surface area is 133 Å². The van der Waals surface area contributed by atoms with Crippen LogP contribution in [-0.2, 0) is 14.3 Å². The van der Waals surface area contributed by atoms with Gasteiger partial charge in [-0.2, -0.15) is 0 Å². The summed E-state index contributed by atoms with van der Waals surface area (Å²) < 4.78 is 15.4. The first-order valence-corrected chi connectivity index (χ1v) is 7.29. The van der Waals surface area contributed by atoms with Gasteiger partial charge in [-0.1, -0.05) is 0 Å². The van der Waals surface area contributed by atoms with E-state index in [1.54, 1.807) is 6.07 Å². The Morgan fingerprint density at radius 3 is 2.70 bits per heavy atom. The zero-order chi connectivity index (χ0) is 16.8. The summed E-state index contributed by atoms with van der Waals surface area (Å²) in [5, 5.41) is 2.75. The van der Waals surface area contributed by atoms with Crippen LogP contribution in [0.3, 0.4) is 0 Å². The first kappa shape index (κ1) is 16.8. The molecule has 1 aromatic rings. The highest BCUT2D eigenvalue weighted by Crippen LogP contribution is 2.27. The average Bonchev–Trinajstić information content (AvgIpc) is 3.36. The second kappa shape index (κ2) is 7.62. The third-order valence-corrected chi connectivity index (χ3v) is 3.27. The van der Waals surface area contributed by atoms with Crippen LogP contribution in [0.5, 0.6) is 11.5 Å². The number of benzene rings is 1. The highest BCUT2D eigenvalue weighted by molar-refractivity contribution is 5.84. The molecular weight excluding hydrogens is 302 g/mol. The lowest BCUT2D eigenvalue weighted by Gasteiger charge is -2.14. The van der Waals surface area contributed by atoms with Gasteiger partial charge in [-0.25, -0.2) is 4.79 Å². The van der Waals surface area contributed by atoms with Crippen LogP contribution >= 0.6 is 0 Å². The molecule has 0 aromatic heterocycles. The first-order chi connectivity index (χ1) is 11.0. The molecule has 1 saturated carbocycles. The van der Waals surface area contributed by atoms with Crippen LogP contribution in [-0.4, -0.2) is 44.0 Å². The van der Waals surface area contributed by atoms with E-state index in [4.69, 9.17) is 14.2 Å². The average molecular weight is 321 g/mol. The summed E-state index contributed by atoms with van der Waals surface area (Å²) in [6.07, 6.45) is 1.74. The molecule has 0 bridgehead atoms. The minimum atomic E-state index is -0.869. The lowest BCUT2D eigenvalue weighted by molar-refractivity contribution is -0.156. The Morgan fingerprint density at radius 1 is 1.35 bits per heavy atom. The van der Waals surface area contributed by atoms with Crippen LogP contribution < -0.4 is 14.8 Å². The van der Waals surface area contributed by atoms with Gasteiger partial charge in [0.1, 0.15) is 6.29 Å². The standard InChI is InChI=1S/C16H19NO6/c1-10(16(20)17-12-4-5-12)23-15(19)9-22-13-6-3-11(8-18)7-14(13)21-2/h3,6-8,10,12H,4-5,9H2,1-2H3,(H,17,20)/t10-/m1/s1. The largest absolute Gasteiger partial charge is 0.493 e. The molecule has 1 N–H and O–H groups in total. The van der Waals surface area contributed by atoms with E-state index in [0.29, 0.717) is 23.3 Å². The highest BCUT2D eigenvalue weighted by Gasteiger charge is 2.27. The van der Waals surface area contributed by atoms with E-state index in [1.807, 2.05) is 0 Å². The first-order valence-electron chi connectivity index (χ1n) is 7.29. The van der Waals surface area contributed by atoms with Gasteiger partial charge in [0, 0.05) is 11.6 Å². The normalized spacial score (nSPS) is 14.5. The van der Waals surface area contributed by atoms with Crippen molar-refractivity contribution in [3.63, 3.8) is 0 Å². The number of rotatable bonds is 8. The van der Waals surface area contributed by atoms with Crippen LogP contribution in [0.2, 0.25) is 0 Å². The molecule has 7 nitrogen and oxygen atoms in total. The molecule has 0 saturated heterocycles. The van der Waals surface area contributed by atoms with E-state index in [0.717, 1.165) is 12.8 Å². The molecule has 2 rings (SSSR count). The smallest absolute Gasteiger partial charge is 0.344 e. The number of hydrogen-bond donors (Lipinski definition) is 1. The zero-order valence-electron chi connectivity index (χ0n) is 13.0. The van der Waals surface area contributed by atoms with Crippen LogP contribution in [0.15, 0.2) is 18.2 Å². The molecule has 1 aromatic carbocycles. The van der Waals surface area contributed by atoms with Crippen molar-refractivity contribution in [2.24, 2.45) is 0 Å². The molecule has 7 heteroatoms. The maximum Gasteiger partial charge on any atom is 0.344 e. The van der Waals surface area contributed by atoms with Crippen LogP contribution in [0.4, 0.5) is 0 Å². The minimum Gasteiger partial charge on any atom is -0.493 e. The summed E-state index contributed by atoms with van der Waals surface area (Å²) in [5.41, 5.74) is 0.433. The Hall–Kier alpha value is -2.57. The van der Waals surface area contributed by atoms with Gasteiger partial charge in [0.05, 0.1) is 7.11 Å². The van der Waals surface area contributed by atoms with Gasteiger partial charge >= 0.3 is 5.97 Å². The van der Waals surface area contributed by atoms with Crippen molar-refractivity contribution in [2.45, 2.75) is 31.9 Å². The lowest BCUT2D eigenvalue weighted by Crippen LogP contribution is -2.37. The predicted molar refractivity (Wildman–Crippen MR) is 80.6 cm³/mol. The maximum absolute atomic E-state index is 11.7. The molecule has 1 fully saturated rings. The van der Waals surface area contributed by atoms with Crippen LogP contribution in [0.25, 0.3) is 0 Å². The topological polar surface area (TPSA) is 90.9 Å². The van der Waals surface area contributed by atoms with Crippen molar-refractivity contribution in [3.05, 3.63) is 23.8 Å². The van der Waals surface area contributed by atoms with Gasteiger partial charge in [0.2, 0.25) is 0 Å².